The summed E-state index contributed by atoms with van der Waals surface area (Å²) < 4.78 is 5.10. The molecule has 0 unspecified atom stereocenters. The van der Waals surface area contributed by atoms with Crippen molar-refractivity contribution in [3.63, 3.8) is 0 Å². The van der Waals surface area contributed by atoms with Gasteiger partial charge in [-0.15, -0.1) is 0 Å². The third-order valence-electron chi connectivity index (χ3n) is 3.86. The number of amides is 3. The highest BCUT2D eigenvalue weighted by molar-refractivity contribution is 5.94. The minimum atomic E-state index is -0.622. The number of hydrogen-bond donors (Lipinski definition) is 2. The number of carbonyl (C=O) groups is 3. The maximum atomic E-state index is 12.4. The summed E-state index contributed by atoms with van der Waals surface area (Å²) in [6.07, 6.45) is -0.622. The topological polar surface area (TPSA) is 105 Å². The van der Waals surface area contributed by atoms with E-state index in [2.05, 4.69) is 5.32 Å². The highest BCUT2D eigenvalue weighted by Crippen LogP contribution is 2.11. The van der Waals surface area contributed by atoms with Gasteiger partial charge in [-0.3, -0.25) is 9.59 Å². The number of nitrogens with one attached hydrogen (secondary N) is 1. The van der Waals surface area contributed by atoms with Gasteiger partial charge in [0, 0.05) is 37.4 Å². The minimum absolute atomic E-state index is 0.0796. The third-order valence-corrected chi connectivity index (χ3v) is 3.86. The molecular formula is C18H26N4O4. The van der Waals surface area contributed by atoms with Crippen LogP contribution in [0.4, 0.5) is 10.5 Å². The van der Waals surface area contributed by atoms with Crippen molar-refractivity contribution in [2.24, 2.45) is 0 Å². The lowest BCUT2D eigenvalue weighted by atomic mass is 10.1. The van der Waals surface area contributed by atoms with E-state index in [-0.39, 0.29) is 18.4 Å². The number of carbonyl (C=O) groups excluding carboxylic acids is 3. The first kappa shape index (κ1) is 19.6. The first-order valence-electron chi connectivity index (χ1n) is 8.55. The first-order chi connectivity index (χ1) is 12.2. The predicted octanol–water partition coefficient (Wildman–Crippen LogP) is 1.08. The lowest BCUT2D eigenvalue weighted by Gasteiger charge is -2.35. The van der Waals surface area contributed by atoms with E-state index < -0.39 is 11.7 Å². The van der Waals surface area contributed by atoms with E-state index in [1.807, 2.05) is 0 Å². The number of benzene rings is 1. The van der Waals surface area contributed by atoms with E-state index >= 15 is 0 Å². The van der Waals surface area contributed by atoms with Gasteiger partial charge in [-0.25, -0.2) is 4.79 Å². The SMILES string of the molecule is CC(C)(C)OC(=O)NCC(=O)N1CCN(C(=O)c2ccc(N)cc2)CC1. The number of nitrogens with two attached hydrogens (primary N) is 1. The molecular weight excluding hydrogens is 336 g/mol. The molecule has 1 aromatic carbocycles. The number of alkyl carbamates (subject to hydrolysis) is 1. The molecule has 1 aliphatic heterocycles. The van der Waals surface area contributed by atoms with Crippen molar-refractivity contribution in [2.45, 2.75) is 26.4 Å². The molecule has 0 saturated carbocycles. The Morgan fingerprint density at radius 3 is 2.12 bits per heavy atom. The lowest BCUT2D eigenvalue weighted by molar-refractivity contribution is -0.131. The van der Waals surface area contributed by atoms with Crippen LogP contribution in [0.2, 0.25) is 0 Å². The second-order valence-electron chi connectivity index (χ2n) is 7.15. The molecule has 1 fully saturated rings. The second-order valence-corrected chi connectivity index (χ2v) is 7.15. The molecule has 8 nitrogen and oxygen atoms in total. The molecule has 3 N–H and O–H groups in total. The van der Waals surface area contributed by atoms with Gasteiger partial charge in [0.25, 0.3) is 5.91 Å². The van der Waals surface area contributed by atoms with Crippen molar-refractivity contribution >= 4 is 23.6 Å². The van der Waals surface area contributed by atoms with E-state index in [9.17, 15) is 14.4 Å². The molecule has 0 atom stereocenters. The van der Waals surface area contributed by atoms with Crippen LogP contribution >= 0.6 is 0 Å². The van der Waals surface area contributed by atoms with E-state index in [0.29, 0.717) is 37.4 Å². The monoisotopic (exact) mass is 362 g/mol. The molecule has 0 radical (unpaired) electrons. The standard InChI is InChI=1S/C18H26N4O4/c1-18(2,3)26-17(25)20-12-15(23)21-8-10-22(11-9-21)16(24)13-4-6-14(19)7-5-13/h4-7H,8-12,19H2,1-3H3,(H,20,25). The molecule has 0 aliphatic carbocycles. The summed E-state index contributed by atoms with van der Waals surface area (Å²) in [5.74, 6) is -0.278. The Morgan fingerprint density at radius 1 is 1.04 bits per heavy atom. The fraction of sp³-hybridized carbons (Fsp3) is 0.500. The summed E-state index contributed by atoms with van der Waals surface area (Å²) in [5, 5.41) is 2.46. The average Bonchev–Trinajstić information content (AvgIpc) is 2.58. The summed E-state index contributed by atoms with van der Waals surface area (Å²) in [6, 6.07) is 6.77. The highest BCUT2D eigenvalue weighted by Gasteiger charge is 2.25. The Morgan fingerprint density at radius 2 is 1.58 bits per heavy atom. The zero-order valence-electron chi connectivity index (χ0n) is 15.4. The zero-order valence-corrected chi connectivity index (χ0v) is 15.4. The van der Waals surface area contributed by atoms with Gasteiger partial charge >= 0.3 is 6.09 Å². The Bertz CT molecular complexity index is 659. The summed E-state index contributed by atoms with van der Waals surface area (Å²) in [7, 11) is 0. The van der Waals surface area contributed by atoms with Crippen LogP contribution < -0.4 is 11.1 Å². The van der Waals surface area contributed by atoms with Gasteiger partial charge in [-0.2, -0.15) is 0 Å². The lowest BCUT2D eigenvalue weighted by Crippen LogP contribution is -2.52. The van der Waals surface area contributed by atoms with Gasteiger partial charge in [-0.05, 0) is 45.0 Å². The number of piperazine rings is 1. The van der Waals surface area contributed by atoms with Crippen LogP contribution in [0.25, 0.3) is 0 Å². The Balaban J connectivity index is 1.78. The molecule has 142 valence electrons. The van der Waals surface area contributed by atoms with Crippen LogP contribution in [-0.4, -0.2) is 66.0 Å². The quantitative estimate of drug-likeness (QED) is 0.783. The number of ether oxygens (including phenoxy) is 1. The summed E-state index contributed by atoms with van der Waals surface area (Å²) in [4.78, 5) is 39.6. The Labute approximate surface area is 153 Å². The molecule has 0 bridgehead atoms. The van der Waals surface area contributed by atoms with E-state index in [0.717, 1.165) is 0 Å². The zero-order chi connectivity index (χ0) is 19.3. The number of anilines is 1. The summed E-state index contributed by atoms with van der Waals surface area (Å²) in [6.45, 7) is 6.89. The van der Waals surface area contributed by atoms with Gasteiger partial charge in [0.2, 0.25) is 5.91 Å². The van der Waals surface area contributed by atoms with Crippen molar-refractivity contribution < 1.29 is 19.1 Å². The molecule has 1 saturated heterocycles. The van der Waals surface area contributed by atoms with Crippen LogP contribution in [0.15, 0.2) is 24.3 Å². The van der Waals surface area contributed by atoms with E-state index in [1.165, 1.54) is 0 Å². The van der Waals surface area contributed by atoms with Crippen molar-refractivity contribution in [3.05, 3.63) is 29.8 Å². The van der Waals surface area contributed by atoms with E-state index in [4.69, 9.17) is 10.5 Å². The average molecular weight is 362 g/mol. The number of rotatable bonds is 3. The fourth-order valence-electron chi connectivity index (χ4n) is 2.54. The predicted molar refractivity (Wildman–Crippen MR) is 97.6 cm³/mol. The van der Waals surface area contributed by atoms with Crippen molar-refractivity contribution in [3.8, 4) is 0 Å². The molecule has 1 aliphatic rings. The smallest absolute Gasteiger partial charge is 0.408 e. The number of hydrogen-bond acceptors (Lipinski definition) is 5. The highest BCUT2D eigenvalue weighted by atomic mass is 16.6. The molecule has 1 aromatic rings. The maximum Gasteiger partial charge on any atom is 0.408 e. The maximum absolute atomic E-state index is 12.4. The van der Waals surface area contributed by atoms with Gasteiger partial charge in [0.1, 0.15) is 12.1 Å². The molecule has 0 aromatic heterocycles. The van der Waals surface area contributed by atoms with Crippen molar-refractivity contribution in [2.75, 3.05) is 38.5 Å². The first-order valence-corrected chi connectivity index (χ1v) is 8.55. The molecule has 8 heteroatoms. The van der Waals surface area contributed by atoms with Crippen LogP contribution in [0.5, 0.6) is 0 Å². The fourth-order valence-corrected chi connectivity index (χ4v) is 2.54. The van der Waals surface area contributed by atoms with Crippen LogP contribution in [0, 0.1) is 0 Å². The van der Waals surface area contributed by atoms with Crippen LogP contribution in [0.3, 0.4) is 0 Å². The largest absolute Gasteiger partial charge is 0.444 e. The molecule has 3 amide bonds. The molecule has 1 heterocycles. The molecule has 0 spiro atoms. The number of nitrogens with zero attached hydrogens (tertiary/aromatic N) is 2. The Kier molecular flexibility index (Phi) is 6.07. The van der Waals surface area contributed by atoms with Gasteiger partial charge < -0.3 is 25.6 Å². The summed E-state index contributed by atoms with van der Waals surface area (Å²) in [5.41, 5.74) is 6.20. The minimum Gasteiger partial charge on any atom is -0.444 e. The number of nitrogen functional groups attached to an aromatic ring is 1. The van der Waals surface area contributed by atoms with Crippen LogP contribution in [-0.2, 0) is 9.53 Å². The Hall–Kier alpha value is -2.77. The molecule has 2 rings (SSSR count). The van der Waals surface area contributed by atoms with Gasteiger partial charge in [0.05, 0.1) is 0 Å². The van der Waals surface area contributed by atoms with Crippen molar-refractivity contribution in [1.82, 2.24) is 15.1 Å². The third kappa shape index (κ3) is 5.65. The summed E-state index contributed by atoms with van der Waals surface area (Å²) >= 11 is 0. The van der Waals surface area contributed by atoms with Crippen LogP contribution in [0.1, 0.15) is 31.1 Å². The van der Waals surface area contributed by atoms with Crippen molar-refractivity contribution in [1.29, 1.82) is 0 Å². The van der Waals surface area contributed by atoms with Gasteiger partial charge in [-0.1, -0.05) is 0 Å². The normalized spacial score (nSPS) is 14.7. The van der Waals surface area contributed by atoms with E-state index in [1.54, 1.807) is 54.8 Å². The van der Waals surface area contributed by atoms with Gasteiger partial charge in [0.15, 0.2) is 0 Å². The second kappa shape index (κ2) is 8.07. The molecule has 26 heavy (non-hydrogen) atoms.